The van der Waals surface area contributed by atoms with Gasteiger partial charge in [-0.25, -0.2) is 0 Å². The van der Waals surface area contributed by atoms with Crippen LogP contribution < -0.4 is 5.73 Å². The molecule has 0 heterocycles. The summed E-state index contributed by atoms with van der Waals surface area (Å²) in [5, 5.41) is 20.0. The fourth-order valence-corrected chi connectivity index (χ4v) is 1.93. The lowest BCUT2D eigenvalue weighted by atomic mass is 10.2. The standard InChI is InChI=1S/C9H12N2O3S/c10-4-5-15-6-7-2-1-3-8(12)9(7)11(13)14/h1-3,12H,4-6,10H2. The van der Waals surface area contributed by atoms with Crippen molar-refractivity contribution >= 4 is 17.4 Å². The van der Waals surface area contributed by atoms with E-state index in [9.17, 15) is 15.2 Å². The van der Waals surface area contributed by atoms with Gasteiger partial charge in [-0.3, -0.25) is 10.1 Å². The van der Waals surface area contributed by atoms with Crippen molar-refractivity contribution in [3.05, 3.63) is 33.9 Å². The highest BCUT2D eigenvalue weighted by Gasteiger charge is 2.18. The van der Waals surface area contributed by atoms with E-state index in [-0.39, 0.29) is 11.4 Å². The van der Waals surface area contributed by atoms with E-state index in [4.69, 9.17) is 5.73 Å². The second kappa shape index (κ2) is 5.57. The molecule has 0 aliphatic rings. The van der Waals surface area contributed by atoms with Gasteiger partial charge in [-0.2, -0.15) is 11.8 Å². The Labute approximate surface area is 91.4 Å². The van der Waals surface area contributed by atoms with Gasteiger partial charge in [0.25, 0.3) is 0 Å². The summed E-state index contributed by atoms with van der Waals surface area (Å²) in [6.45, 7) is 0.539. The lowest BCUT2D eigenvalue weighted by molar-refractivity contribution is -0.386. The Balaban J connectivity index is 2.86. The van der Waals surface area contributed by atoms with Crippen LogP contribution in [0.5, 0.6) is 5.75 Å². The second-order valence-corrected chi connectivity index (χ2v) is 3.99. The number of nitrogens with two attached hydrogens (primary N) is 1. The zero-order valence-corrected chi connectivity index (χ0v) is 8.87. The van der Waals surface area contributed by atoms with Gasteiger partial charge in [0.05, 0.1) is 4.92 Å². The van der Waals surface area contributed by atoms with E-state index in [0.717, 1.165) is 5.75 Å². The number of benzene rings is 1. The summed E-state index contributed by atoms with van der Waals surface area (Å²) >= 11 is 1.51. The number of nitrogens with zero attached hydrogens (tertiary/aromatic N) is 1. The van der Waals surface area contributed by atoms with Crippen LogP contribution in [0.4, 0.5) is 5.69 Å². The molecule has 0 fully saturated rings. The van der Waals surface area contributed by atoms with Gasteiger partial charge in [-0.15, -0.1) is 0 Å². The highest BCUT2D eigenvalue weighted by molar-refractivity contribution is 7.98. The Morgan fingerprint density at radius 2 is 2.27 bits per heavy atom. The summed E-state index contributed by atoms with van der Waals surface area (Å²) in [4.78, 5) is 10.1. The SMILES string of the molecule is NCCSCc1cccc(O)c1[N+](=O)[O-]. The number of phenols is 1. The van der Waals surface area contributed by atoms with Crippen molar-refractivity contribution in [2.24, 2.45) is 5.73 Å². The Bertz CT molecular complexity index is 357. The molecule has 0 spiro atoms. The van der Waals surface area contributed by atoms with Gasteiger partial charge in [-0.05, 0) is 6.07 Å². The molecule has 0 saturated carbocycles. The fraction of sp³-hybridized carbons (Fsp3) is 0.333. The number of nitro benzene ring substituents is 1. The number of aromatic hydroxyl groups is 1. The average Bonchev–Trinajstić information content (AvgIpc) is 2.17. The summed E-state index contributed by atoms with van der Waals surface area (Å²) in [7, 11) is 0. The van der Waals surface area contributed by atoms with E-state index >= 15 is 0 Å². The molecule has 0 unspecified atom stereocenters. The lowest BCUT2D eigenvalue weighted by Gasteiger charge is -2.03. The molecular weight excluding hydrogens is 216 g/mol. The molecule has 82 valence electrons. The topological polar surface area (TPSA) is 89.4 Å². The summed E-state index contributed by atoms with van der Waals surface area (Å²) in [5.74, 6) is 0.945. The van der Waals surface area contributed by atoms with Gasteiger partial charge in [0.15, 0.2) is 5.75 Å². The lowest BCUT2D eigenvalue weighted by Crippen LogP contribution is -2.02. The van der Waals surface area contributed by atoms with Crippen LogP contribution in [0.2, 0.25) is 0 Å². The zero-order chi connectivity index (χ0) is 11.3. The van der Waals surface area contributed by atoms with Crippen LogP contribution in [0.1, 0.15) is 5.56 Å². The van der Waals surface area contributed by atoms with Crippen molar-refractivity contribution in [1.29, 1.82) is 0 Å². The number of nitro groups is 1. The highest BCUT2D eigenvalue weighted by atomic mass is 32.2. The molecule has 0 amide bonds. The minimum absolute atomic E-state index is 0.206. The van der Waals surface area contributed by atoms with Crippen LogP contribution in [-0.2, 0) is 5.75 Å². The van der Waals surface area contributed by atoms with Crippen LogP contribution >= 0.6 is 11.8 Å². The quantitative estimate of drug-likeness (QED) is 0.453. The molecule has 0 bridgehead atoms. The first-order valence-corrected chi connectivity index (χ1v) is 5.55. The minimum atomic E-state index is -0.562. The number of hydrogen-bond acceptors (Lipinski definition) is 5. The number of phenolic OH excluding ortho intramolecular Hbond substituents is 1. The van der Waals surface area contributed by atoms with E-state index < -0.39 is 4.92 Å². The summed E-state index contributed by atoms with van der Waals surface area (Å²) in [6.07, 6.45) is 0. The van der Waals surface area contributed by atoms with Crippen LogP contribution in [0.3, 0.4) is 0 Å². The predicted octanol–water partition coefficient (Wildman–Crippen LogP) is 1.49. The first kappa shape index (κ1) is 11.8. The molecule has 0 radical (unpaired) electrons. The number of para-hydroxylation sites is 1. The third-order valence-corrected chi connectivity index (χ3v) is 2.84. The second-order valence-electron chi connectivity index (χ2n) is 2.88. The molecule has 6 heteroatoms. The Morgan fingerprint density at radius 3 is 2.87 bits per heavy atom. The third-order valence-electron chi connectivity index (χ3n) is 1.80. The predicted molar refractivity (Wildman–Crippen MR) is 60.0 cm³/mol. The normalized spacial score (nSPS) is 10.2. The fourth-order valence-electron chi connectivity index (χ4n) is 1.17. The maximum Gasteiger partial charge on any atom is 0.314 e. The minimum Gasteiger partial charge on any atom is -0.502 e. The smallest absolute Gasteiger partial charge is 0.314 e. The van der Waals surface area contributed by atoms with Crippen molar-refractivity contribution < 1.29 is 10.0 Å². The van der Waals surface area contributed by atoms with Crippen molar-refractivity contribution in [2.45, 2.75) is 5.75 Å². The summed E-state index contributed by atoms with van der Waals surface area (Å²) in [6, 6.07) is 4.55. The molecular formula is C9H12N2O3S. The van der Waals surface area contributed by atoms with Gasteiger partial charge in [0.1, 0.15) is 0 Å². The van der Waals surface area contributed by atoms with E-state index in [2.05, 4.69) is 0 Å². The van der Waals surface area contributed by atoms with Gasteiger partial charge < -0.3 is 10.8 Å². The molecule has 3 N–H and O–H groups in total. The number of rotatable bonds is 5. The zero-order valence-electron chi connectivity index (χ0n) is 8.05. The van der Waals surface area contributed by atoms with Crippen molar-refractivity contribution in [3.63, 3.8) is 0 Å². The van der Waals surface area contributed by atoms with E-state index in [1.807, 2.05) is 0 Å². The third kappa shape index (κ3) is 3.10. The van der Waals surface area contributed by atoms with Gasteiger partial charge in [0.2, 0.25) is 0 Å². The van der Waals surface area contributed by atoms with E-state index in [0.29, 0.717) is 17.9 Å². The Kier molecular flexibility index (Phi) is 4.38. The highest BCUT2D eigenvalue weighted by Crippen LogP contribution is 2.31. The summed E-state index contributed by atoms with van der Waals surface area (Å²) in [5.41, 5.74) is 5.64. The number of thioether (sulfide) groups is 1. The molecule has 1 aromatic carbocycles. The Hall–Kier alpha value is -1.27. The van der Waals surface area contributed by atoms with Crippen molar-refractivity contribution in [2.75, 3.05) is 12.3 Å². The van der Waals surface area contributed by atoms with Crippen LogP contribution in [0.15, 0.2) is 18.2 Å². The maximum atomic E-state index is 10.7. The molecule has 0 aliphatic heterocycles. The van der Waals surface area contributed by atoms with Crippen LogP contribution in [-0.4, -0.2) is 22.3 Å². The first-order valence-electron chi connectivity index (χ1n) is 4.40. The molecule has 0 saturated heterocycles. The molecule has 0 aromatic heterocycles. The Morgan fingerprint density at radius 1 is 1.53 bits per heavy atom. The molecule has 1 aromatic rings. The van der Waals surface area contributed by atoms with Crippen LogP contribution in [0.25, 0.3) is 0 Å². The largest absolute Gasteiger partial charge is 0.502 e. The monoisotopic (exact) mass is 228 g/mol. The molecule has 5 nitrogen and oxygen atoms in total. The van der Waals surface area contributed by atoms with Crippen LogP contribution in [0, 0.1) is 10.1 Å². The van der Waals surface area contributed by atoms with Crippen molar-refractivity contribution in [1.82, 2.24) is 0 Å². The van der Waals surface area contributed by atoms with Crippen molar-refractivity contribution in [3.8, 4) is 5.75 Å². The molecule has 15 heavy (non-hydrogen) atoms. The van der Waals surface area contributed by atoms with E-state index in [1.54, 1.807) is 12.1 Å². The average molecular weight is 228 g/mol. The molecule has 0 aliphatic carbocycles. The van der Waals surface area contributed by atoms with Gasteiger partial charge in [-0.1, -0.05) is 12.1 Å². The first-order chi connectivity index (χ1) is 7.16. The summed E-state index contributed by atoms with van der Waals surface area (Å²) < 4.78 is 0. The van der Waals surface area contributed by atoms with Gasteiger partial charge in [0, 0.05) is 23.6 Å². The molecule has 1 rings (SSSR count). The number of hydrogen-bond donors (Lipinski definition) is 2. The molecule has 0 atom stereocenters. The maximum absolute atomic E-state index is 10.7. The van der Waals surface area contributed by atoms with E-state index in [1.165, 1.54) is 17.8 Å². The van der Waals surface area contributed by atoms with Gasteiger partial charge >= 0.3 is 5.69 Å².